The maximum atomic E-state index is 13.1. The van der Waals surface area contributed by atoms with Gasteiger partial charge in [-0.15, -0.1) is 0 Å². The van der Waals surface area contributed by atoms with Crippen LogP contribution in [0.5, 0.6) is 0 Å². The summed E-state index contributed by atoms with van der Waals surface area (Å²) in [6.07, 6.45) is -6.84. The van der Waals surface area contributed by atoms with E-state index in [-0.39, 0.29) is 17.5 Å². The largest absolute Gasteiger partial charge is 0.478 e. The van der Waals surface area contributed by atoms with Crippen LogP contribution in [0.3, 0.4) is 0 Å². The Balaban J connectivity index is 2.13. The zero-order chi connectivity index (χ0) is 20.7. The quantitative estimate of drug-likeness (QED) is 0.530. The number of aliphatic carboxylic acids is 1. The summed E-state index contributed by atoms with van der Waals surface area (Å²) in [5.41, 5.74) is -2.58. The molecule has 0 saturated heterocycles. The third-order valence-electron chi connectivity index (χ3n) is 4.90. The monoisotopic (exact) mass is 400 g/mol. The minimum absolute atomic E-state index is 0.196. The van der Waals surface area contributed by atoms with E-state index in [9.17, 15) is 31.1 Å². The van der Waals surface area contributed by atoms with Crippen molar-refractivity contribution >= 4 is 5.97 Å². The minimum Gasteiger partial charge on any atom is -0.478 e. The molecular weight excluding hydrogens is 386 g/mol. The maximum absolute atomic E-state index is 13.1. The Bertz CT molecular complexity index is 869. The lowest BCUT2D eigenvalue weighted by Crippen LogP contribution is -2.16. The van der Waals surface area contributed by atoms with E-state index >= 15 is 0 Å². The molecule has 1 fully saturated rings. The van der Waals surface area contributed by atoms with Crippen LogP contribution in [0.4, 0.5) is 26.3 Å². The van der Waals surface area contributed by atoms with E-state index in [1.807, 2.05) is 0 Å². The summed E-state index contributed by atoms with van der Waals surface area (Å²) in [7, 11) is 0. The Morgan fingerprint density at radius 1 is 0.929 bits per heavy atom. The van der Waals surface area contributed by atoms with Gasteiger partial charge in [0.25, 0.3) is 0 Å². The first-order valence-corrected chi connectivity index (χ1v) is 8.21. The Kier molecular flexibility index (Phi) is 4.77. The van der Waals surface area contributed by atoms with Crippen LogP contribution in [0.2, 0.25) is 0 Å². The average molecular weight is 400 g/mol. The summed E-state index contributed by atoms with van der Waals surface area (Å²) >= 11 is 0. The lowest BCUT2D eigenvalue weighted by molar-refractivity contribution is -0.138. The summed E-state index contributed by atoms with van der Waals surface area (Å²) in [5, 5.41) is 8.82. The van der Waals surface area contributed by atoms with Crippen molar-refractivity contribution in [2.75, 3.05) is 0 Å². The fourth-order valence-electron chi connectivity index (χ4n) is 3.50. The van der Waals surface area contributed by atoms with Crippen LogP contribution in [-0.2, 0) is 22.6 Å². The van der Waals surface area contributed by atoms with E-state index in [4.69, 9.17) is 5.11 Å². The number of rotatable bonds is 4. The van der Waals surface area contributed by atoms with E-state index in [0.717, 1.165) is 30.3 Å². The average Bonchev–Trinajstić information content (AvgIpc) is 3.34. The van der Waals surface area contributed by atoms with Gasteiger partial charge in [-0.2, -0.15) is 26.3 Å². The van der Waals surface area contributed by atoms with Gasteiger partial charge in [0.1, 0.15) is 0 Å². The first-order valence-electron chi connectivity index (χ1n) is 8.21. The smallest absolute Gasteiger partial charge is 0.416 e. The molecule has 0 heterocycles. The molecule has 2 nitrogen and oxygen atoms in total. The first-order chi connectivity index (χ1) is 12.9. The fourth-order valence-corrected chi connectivity index (χ4v) is 3.50. The van der Waals surface area contributed by atoms with Gasteiger partial charge in [-0.3, -0.25) is 0 Å². The number of carboxylic acid groups (broad SMARTS) is 1. The molecule has 148 valence electrons. The highest BCUT2D eigenvalue weighted by atomic mass is 19.4. The van der Waals surface area contributed by atoms with Gasteiger partial charge >= 0.3 is 18.3 Å². The second-order valence-corrected chi connectivity index (χ2v) is 6.64. The maximum Gasteiger partial charge on any atom is 0.416 e. The fraction of sp³-hybridized carbons (Fsp3) is 0.250. The number of halogens is 6. The number of hydrogen-bond donors (Lipinski definition) is 1. The molecule has 0 spiro atoms. The molecule has 3 rings (SSSR count). The molecule has 2 aromatic carbocycles. The van der Waals surface area contributed by atoms with Crippen LogP contribution in [-0.4, -0.2) is 11.1 Å². The summed E-state index contributed by atoms with van der Waals surface area (Å²) in [4.78, 5) is 10.8. The van der Waals surface area contributed by atoms with Gasteiger partial charge < -0.3 is 5.11 Å². The molecule has 28 heavy (non-hydrogen) atoms. The molecule has 1 N–H and O–H groups in total. The number of carbonyl (C=O) groups is 1. The molecule has 1 aliphatic carbocycles. The summed E-state index contributed by atoms with van der Waals surface area (Å²) in [6.45, 7) is 0. The Morgan fingerprint density at radius 2 is 1.39 bits per heavy atom. The van der Waals surface area contributed by atoms with Crippen molar-refractivity contribution in [2.24, 2.45) is 5.92 Å². The number of allylic oxidation sites excluding steroid dienone is 1. The Labute approximate surface area is 156 Å². The molecule has 0 aromatic heterocycles. The van der Waals surface area contributed by atoms with Crippen molar-refractivity contribution in [3.05, 3.63) is 82.9 Å². The van der Waals surface area contributed by atoms with Crippen LogP contribution in [0.1, 0.15) is 28.7 Å². The van der Waals surface area contributed by atoms with Crippen molar-refractivity contribution in [3.8, 4) is 0 Å². The SMILES string of the molecule is O=C(O)/C=C\[C@H]1CC1(c1cccc(C(F)(F)F)c1)c1cccc(C(F)(F)F)c1. The molecule has 0 radical (unpaired) electrons. The van der Waals surface area contributed by atoms with E-state index in [1.54, 1.807) is 0 Å². The molecule has 1 saturated carbocycles. The number of carboxylic acids is 1. The molecule has 1 atom stereocenters. The molecule has 1 aliphatic rings. The van der Waals surface area contributed by atoms with Crippen molar-refractivity contribution in [1.29, 1.82) is 0 Å². The highest BCUT2D eigenvalue weighted by molar-refractivity contribution is 5.80. The van der Waals surface area contributed by atoms with Gasteiger partial charge in [0.05, 0.1) is 11.1 Å². The normalized spacial score (nSPS) is 19.0. The van der Waals surface area contributed by atoms with E-state index in [1.165, 1.54) is 30.3 Å². The van der Waals surface area contributed by atoms with Gasteiger partial charge in [-0.25, -0.2) is 4.79 Å². The Morgan fingerprint density at radius 3 is 1.79 bits per heavy atom. The third-order valence-corrected chi connectivity index (χ3v) is 4.90. The lowest BCUT2D eigenvalue weighted by Gasteiger charge is -2.21. The van der Waals surface area contributed by atoms with Crippen molar-refractivity contribution in [3.63, 3.8) is 0 Å². The molecule has 0 aliphatic heterocycles. The molecule has 0 bridgehead atoms. The van der Waals surface area contributed by atoms with Gasteiger partial charge in [-0.1, -0.05) is 42.5 Å². The summed E-state index contributed by atoms with van der Waals surface area (Å²) in [6, 6.07) is 8.83. The van der Waals surface area contributed by atoms with E-state index in [0.29, 0.717) is 0 Å². The number of alkyl halides is 6. The number of hydrogen-bond acceptors (Lipinski definition) is 1. The standard InChI is InChI=1S/C20H14F6O2/c21-19(22,23)14-5-1-3-12(9-14)18(11-16(18)7-8-17(27)28)13-4-2-6-15(10-13)20(24,25)26/h1-10,16H,11H2,(H,27,28)/b8-7-/t16-/m0/s1. The van der Waals surface area contributed by atoms with Gasteiger partial charge in [0, 0.05) is 11.5 Å². The summed E-state index contributed by atoms with van der Waals surface area (Å²) in [5.74, 6) is -1.77. The zero-order valence-electron chi connectivity index (χ0n) is 14.2. The topological polar surface area (TPSA) is 37.3 Å². The van der Waals surface area contributed by atoms with Crippen LogP contribution >= 0.6 is 0 Å². The molecule has 0 unspecified atom stereocenters. The third kappa shape index (κ3) is 3.76. The first kappa shape index (κ1) is 20.0. The molecule has 8 heteroatoms. The molecule has 2 aromatic rings. The van der Waals surface area contributed by atoms with Gasteiger partial charge in [-0.05, 0) is 35.6 Å². The molecular formula is C20H14F6O2. The van der Waals surface area contributed by atoms with Crippen molar-refractivity contribution < 1.29 is 36.2 Å². The lowest BCUT2D eigenvalue weighted by atomic mass is 9.84. The van der Waals surface area contributed by atoms with Crippen LogP contribution in [0.15, 0.2) is 60.7 Å². The highest BCUT2D eigenvalue weighted by Gasteiger charge is 2.55. The predicted octanol–water partition coefficient (Wildman–Crippen LogP) is 5.67. The van der Waals surface area contributed by atoms with Crippen LogP contribution < -0.4 is 0 Å². The second-order valence-electron chi connectivity index (χ2n) is 6.64. The summed E-state index contributed by atoms with van der Waals surface area (Å²) < 4.78 is 78.7. The Hall–Kier alpha value is -2.77. The van der Waals surface area contributed by atoms with Gasteiger partial charge in [0.2, 0.25) is 0 Å². The van der Waals surface area contributed by atoms with Crippen molar-refractivity contribution in [1.82, 2.24) is 0 Å². The van der Waals surface area contributed by atoms with Gasteiger partial charge in [0.15, 0.2) is 0 Å². The van der Waals surface area contributed by atoms with Crippen molar-refractivity contribution in [2.45, 2.75) is 24.2 Å². The van der Waals surface area contributed by atoms with E-state index < -0.39 is 40.8 Å². The molecule has 0 amide bonds. The highest BCUT2D eigenvalue weighted by Crippen LogP contribution is 2.60. The van der Waals surface area contributed by atoms with E-state index in [2.05, 4.69) is 0 Å². The van der Waals surface area contributed by atoms with Crippen LogP contribution in [0, 0.1) is 5.92 Å². The number of benzene rings is 2. The second kappa shape index (κ2) is 6.68. The minimum atomic E-state index is -4.60. The predicted molar refractivity (Wildman–Crippen MR) is 88.6 cm³/mol. The van der Waals surface area contributed by atoms with Crippen LogP contribution in [0.25, 0.3) is 0 Å². The zero-order valence-corrected chi connectivity index (χ0v) is 14.2.